The van der Waals surface area contributed by atoms with E-state index in [4.69, 9.17) is 0 Å². The largest absolute Gasteiger partial charge is 0.344 e. The number of anilines is 2. The molecule has 0 saturated heterocycles. The van der Waals surface area contributed by atoms with Crippen LogP contribution in [0.2, 0.25) is 0 Å². The predicted octanol–water partition coefficient (Wildman–Crippen LogP) is 6.45. The van der Waals surface area contributed by atoms with Crippen LogP contribution in [0.5, 0.6) is 0 Å². The fourth-order valence-corrected chi connectivity index (χ4v) is 3.98. The quantitative estimate of drug-likeness (QED) is 0.499. The second-order valence-corrected chi connectivity index (χ2v) is 7.87. The van der Waals surface area contributed by atoms with Crippen LogP contribution in [0, 0.1) is 0 Å². The molecule has 0 fully saturated rings. The molecule has 4 rings (SSSR count). The van der Waals surface area contributed by atoms with Crippen molar-refractivity contribution >= 4 is 22.1 Å². The summed E-state index contributed by atoms with van der Waals surface area (Å²) in [6.45, 7) is 9.11. The minimum Gasteiger partial charge on any atom is -0.344 e. The van der Waals surface area contributed by atoms with E-state index in [0.717, 1.165) is 6.42 Å². The molecule has 0 aliphatic carbocycles. The summed E-state index contributed by atoms with van der Waals surface area (Å²) in [5.41, 5.74) is 8.30. The SMILES string of the molecule is CCc1ccc2c(c1)N(C)c1ccc(C(C)(C)C)c3cccc-2c13. The number of nitrogens with zero attached hydrogens (tertiary/aromatic N) is 1. The average molecular weight is 315 g/mol. The zero-order chi connectivity index (χ0) is 17.1. The minimum atomic E-state index is 0.141. The molecule has 0 bridgehead atoms. The Kier molecular flexibility index (Phi) is 3.25. The van der Waals surface area contributed by atoms with Gasteiger partial charge in [-0.25, -0.2) is 0 Å². The van der Waals surface area contributed by atoms with E-state index in [-0.39, 0.29) is 5.41 Å². The summed E-state index contributed by atoms with van der Waals surface area (Å²) < 4.78 is 0. The van der Waals surface area contributed by atoms with Gasteiger partial charge in [0.2, 0.25) is 0 Å². The van der Waals surface area contributed by atoms with Crippen molar-refractivity contribution in [2.75, 3.05) is 11.9 Å². The third-order valence-electron chi connectivity index (χ3n) is 5.31. The third-order valence-corrected chi connectivity index (χ3v) is 5.31. The van der Waals surface area contributed by atoms with Crippen LogP contribution >= 0.6 is 0 Å². The van der Waals surface area contributed by atoms with Crippen LogP contribution in [-0.4, -0.2) is 7.05 Å². The first kappa shape index (κ1) is 15.3. The Morgan fingerprint density at radius 3 is 2.38 bits per heavy atom. The molecule has 3 aromatic rings. The fourth-order valence-electron chi connectivity index (χ4n) is 3.98. The number of hydrogen-bond donors (Lipinski definition) is 0. The van der Waals surface area contributed by atoms with E-state index in [9.17, 15) is 0 Å². The van der Waals surface area contributed by atoms with E-state index < -0.39 is 0 Å². The molecular weight excluding hydrogens is 290 g/mol. The van der Waals surface area contributed by atoms with Crippen LogP contribution < -0.4 is 4.90 Å². The minimum absolute atomic E-state index is 0.141. The summed E-state index contributed by atoms with van der Waals surface area (Å²) in [7, 11) is 2.19. The molecule has 0 atom stereocenters. The molecule has 0 N–H and O–H groups in total. The van der Waals surface area contributed by atoms with Crippen molar-refractivity contribution in [2.24, 2.45) is 0 Å². The Morgan fingerprint density at radius 1 is 0.875 bits per heavy atom. The van der Waals surface area contributed by atoms with Crippen molar-refractivity contribution in [3.05, 3.63) is 59.7 Å². The van der Waals surface area contributed by atoms with Crippen LogP contribution in [0.1, 0.15) is 38.8 Å². The molecule has 0 saturated carbocycles. The van der Waals surface area contributed by atoms with Crippen molar-refractivity contribution in [3.63, 3.8) is 0 Å². The first-order valence-corrected chi connectivity index (χ1v) is 8.85. The standard InChI is InChI=1S/C23H25N/c1-6-15-10-11-16-17-8-7-9-18-19(23(2,3)4)12-13-20(22(17)18)24(5)21(16)14-15/h7-14H,6H2,1-5H3. The number of fused-ring (bicyclic) bond motifs is 2. The smallest absolute Gasteiger partial charge is 0.0494 e. The molecular formula is C23H25N. The maximum Gasteiger partial charge on any atom is 0.0494 e. The maximum atomic E-state index is 2.36. The molecule has 0 spiro atoms. The Bertz CT molecular complexity index is 944. The molecule has 122 valence electrons. The summed E-state index contributed by atoms with van der Waals surface area (Å²) >= 11 is 0. The second-order valence-electron chi connectivity index (χ2n) is 7.87. The van der Waals surface area contributed by atoms with Crippen molar-refractivity contribution < 1.29 is 0 Å². The normalized spacial score (nSPS) is 13.3. The fraction of sp³-hybridized carbons (Fsp3) is 0.304. The van der Waals surface area contributed by atoms with Crippen molar-refractivity contribution in [1.29, 1.82) is 0 Å². The van der Waals surface area contributed by atoms with Crippen LogP contribution in [0.15, 0.2) is 48.5 Å². The number of hydrogen-bond acceptors (Lipinski definition) is 1. The highest BCUT2D eigenvalue weighted by Gasteiger charge is 2.25. The van der Waals surface area contributed by atoms with E-state index in [1.54, 1.807) is 0 Å². The van der Waals surface area contributed by atoms with E-state index in [1.165, 1.54) is 44.4 Å². The Morgan fingerprint density at radius 2 is 1.67 bits per heavy atom. The van der Waals surface area contributed by atoms with Gasteiger partial charge in [0, 0.05) is 29.4 Å². The van der Waals surface area contributed by atoms with Crippen molar-refractivity contribution in [2.45, 2.75) is 39.5 Å². The summed E-state index contributed by atoms with van der Waals surface area (Å²) in [6, 6.07) is 18.3. The molecule has 1 heteroatoms. The molecule has 0 aromatic heterocycles. The summed E-state index contributed by atoms with van der Waals surface area (Å²) in [5, 5.41) is 2.78. The molecule has 0 amide bonds. The van der Waals surface area contributed by atoms with Crippen molar-refractivity contribution in [1.82, 2.24) is 0 Å². The van der Waals surface area contributed by atoms with Gasteiger partial charge in [0.25, 0.3) is 0 Å². The zero-order valence-corrected chi connectivity index (χ0v) is 15.3. The predicted molar refractivity (Wildman–Crippen MR) is 106 cm³/mol. The van der Waals surface area contributed by atoms with Gasteiger partial charge in [-0.15, -0.1) is 0 Å². The van der Waals surface area contributed by atoms with Gasteiger partial charge < -0.3 is 4.90 Å². The van der Waals surface area contributed by atoms with E-state index >= 15 is 0 Å². The van der Waals surface area contributed by atoms with Gasteiger partial charge in [-0.05, 0) is 46.0 Å². The van der Waals surface area contributed by atoms with Gasteiger partial charge >= 0.3 is 0 Å². The molecule has 24 heavy (non-hydrogen) atoms. The lowest BCUT2D eigenvalue weighted by atomic mass is 9.80. The van der Waals surface area contributed by atoms with Crippen LogP contribution in [0.4, 0.5) is 11.4 Å². The van der Waals surface area contributed by atoms with E-state index in [2.05, 4.69) is 88.2 Å². The lowest BCUT2D eigenvalue weighted by Crippen LogP contribution is -2.17. The molecule has 1 heterocycles. The van der Waals surface area contributed by atoms with Gasteiger partial charge in [0.15, 0.2) is 0 Å². The highest BCUT2D eigenvalue weighted by atomic mass is 15.1. The van der Waals surface area contributed by atoms with E-state index in [1.807, 2.05) is 0 Å². The van der Waals surface area contributed by atoms with Crippen molar-refractivity contribution in [3.8, 4) is 11.1 Å². The Labute approximate surface area is 144 Å². The number of rotatable bonds is 1. The van der Waals surface area contributed by atoms with Gasteiger partial charge in [-0.3, -0.25) is 0 Å². The topological polar surface area (TPSA) is 3.24 Å². The Balaban J connectivity index is 2.11. The lowest BCUT2D eigenvalue weighted by Gasteiger charge is -2.33. The highest BCUT2D eigenvalue weighted by molar-refractivity contribution is 6.12. The number of benzene rings is 3. The van der Waals surface area contributed by atoms with Gasteiger partial charge in [-0.2, -0.15) is 0 Å². The van der Waals surface area contributed by atoms with Crippen LogP contribution in [0.3, 0.4) is 0 Å². The third kappa shape index (κ3) is 2.07. The van der Waals surface area contributed by atoms with E-state index in [0.29, 0.717) is 0 Å². The molecule has 1 nitrogen and oxygen atoms in total. The molecule has 1 aliphatic heterocycles. The van der Waals surface area contributed by atoms with Gasteiger partial charge in [-0.1, -0.05) is 64.1 Å². The highest BCUT2D eigenvalue weighted by Crippen LogP contribution is 2.48. The van der Waals surface area contributed by atoms with Crippen LogP contribution in [0.25, 0.3) is 21.9 Å². The molecule has 3 aromatic carbocycles. The monoisotopic (exact) mass is 315 g/mol. The second kappa shape index (κ2) is 5.11. The average Bonchev–Trinajstić information content (AvgIpc) is 2.57. The van der Waals surface area contributed by atoms with Gasteiger partial charge in [0.05, 0.1) is 0 Å². The molecule has 0 radical (unpaired) electrons. The van der Waals surface area contributed by atoms with Gasteiger partial charge in [0.1, 0.15) is 0 Å². The first-order valence-electron chi connectivity index (χ1n) is 8.85. The first-order chi connectivity index (χ1) is 11.4. The maximum absolute atomic E-state index is 2.36. The van der Waals surface area contributed by atoms with Crippen LogP contribution in [-0.2, 0) is 11.8 Å². The number of aryl methyl sites for hydroxylation is 1. The lowest BCUT2D eigenvalue weighted by molar-refractivity contribution is 0.596. The summed E-state index contributed by atoms with van der Waals surface area (Å²) in [6.07, 6.45) is 1.07. The zero-order valence-electron chi connectivity index (χ0n) is 15.3. The molecule has 1 aliphatic rings. The Hall–Kier alpha value is -2.28. The molecule has 0 unspecified atom stereocenters. The summed E-state index contributed by atoms with van der Waals surface area (Å²) in [5.74, 6) is 0. The summed E-state index contributed by atoms with van der Waals surface area (Å²) in [4.78, 5) is 2.36.